The van der Waals surface area contributed by atoms with Gasteiger partial charge >= 0.3 is 0 Å². The first-order chi connectivity index (χ1) is 13.7. The van der Waals surface area contributed by atoms with Crippen LogP contribution >= 0.6 is 11.5 Å². The van der Waals surface area contributed by atoms with E-state index < -0.39 is 0 Å². The topological polar surface area (TPSA) is 89.8 Å². The predicted octanol–water partition coefficient (Wildman–Crippen LogP) is 3.25. The highest BCUT2D eigenvalue weighted by molar-refractivity contribution is 7.08. The summed E-state index contributed by atoms with van der Waals surface area (Å²) in [4.78, 5) is 26.1. The number of amides is 1. The quantitative estimate of drug-likeness (QED) is 0.690. The van der Waals surface area contributed by atoms with Crippen molar-refractivity contribution in [2.45, 2.75) is 58.0 Å². The Morgan fingerprint density at radius 3 is 2.71 bits per heavy atom. The monoisotopic (exact) mass is 397 g/mol. The molecule has 0 bridgehead atoms. The third-order valence-electron chi connectivity index (χ3n) is 5.24. The Bertz CT molecular complexity index is 1050. The van der Waals surface area contributed by atoms with Crippen LogP contribution < -0.4 is 10.9 Å². The molecule has 28 heavy (non-hydrogen) atoms. The van der Waals surface area contributed by atoms with Crippen molar-refractivity contribution in [1.29, 1.82) is 0 Å². The number of rotatable bonds is 6. The van der Waals surface area contributed by atoms with Gasteiger partial charge in [0.2, 0.25) is 0 Å². The summed E-state index contributed by atoms with van der Waals surface area (Å²) in [5.74, 6) is -0.192. The Balaban J connectivity index is 1.64. The van der Waals surface area contributed by atoms with Crippen molar-refractivity contribution < 1.29 is 4.79 Å². The molecule has 1 aromatic carbocycles. The van der Waals surface area contributed by atoms with E-state index in [9.17, 15) is 9.59 Å². The Hall–Kier alpha value is -2.61. The first-order valence-electron chi connectivity index (χ1n) is 9.79. The molecule has 0 saturated heterocycles. The number of aryl methyl sites for hydroxylation is 1. The van der Waals surface area contributed by atoms with Crippen molar-refractivity contribution in [3.8, 4) is 0 Å². The zero-order valence-corrected chi connectivity index (χ0v) is 16.7. The molecule has 0 spiro atoms. The average Bonchev–Trinajstić information content (AvgIpc) is 3.40. The first kappa shape index (κ1) is 18.7. The number of aromatic nitrogens is 4. The van der Waals surface area contributed by atoms with E-state index in [2.05, 4.69) is 20.0 Å². The summed E-state index contributed by atoms with van der Waals surface area (Å²) in [6.07, 6.45) is 5.83. The van der Waals surface area contributed by atoms with Crippen LogP contribution in [0.4, 0.5) is 0 Å². The fourth-order valence-corrected chi connectivity index (χ4v) is 4.45. The van der Waals surface area contributed by atoms with Crippen molar-refractivity contribution in [3.05, 3.63) is 50.9 Å². The van der Waals surface area contributed by atoms with Crippen molar-refractivity contribution in [1.82, 2.24) is 24.7 Å². The van der Waals surface area contributed by atoms with E-state index in [0.717, 1.165) is 61.1 Å². The van der Waals surface area contributed by atoms with E-state index in [0.29, 0.717) is 16.0 Å². The summed E-state index contributed by atoms with van der Waals surface area (Å²) < 4.78 is 5.55. The highest BCUT2D eigenvalue weighted by atomic mass is 32.1. The van der Waals surface area contributed by atoms with Crippen LogP contribution in [-0.4, -0.2) is 25.3 Å². The predicted molar refractivity (Wildman–Crippen MR) is 109 cm³/mol. The average molecular weight is 398 g/mol. The van der Waals surface area contributed by atoms with Crippen LogP contribution in [0.25, 0.3) is 10.8 Å². The van der Waals surface area contributed by atoms with Gasteiger partial charge in [-0.1, -0.05) is 48.9 Å². The molecule has 3 aromatic rings. The van der Waals surface area contributed by atoms with Crippen molar-refractivity contribution in [2.75, 3.05) is 0 Å². The number of nitrogens with one attached hydrogen (secondary N) is 1. The molecule has 0 radical (unpaired) electrons. The molecule has 1 saturated carbocycles. The van der Waals surface area contributed by atoms with Gasteiger partial charge in [-0.2, -0.15) is 5.10 Å². The molecule has 1 N–H and O–H groups in total. The van der Waals surface area contributed by atoms with Gasteiger partial charge in [0.05, 0.1) is 29.4 Å². The highest BCUT2D eigenvalue weighted by Gasteiger charge is 2.22. The van der Waals surface area contributed by atoms with Gasteiger partial charge in [0.25, 0.3) is 11.5 Å². The lowest BCUT2D eigenvalue weighted by molar-refractivity contribution is 0.0953. The summed E-state index contributed by atoms with van der Waals surface area (Å²) in [7, 11) is 0. The van der Waals surface area contributed by atoms with Crippen LogP contribution in [0.15, 0.2) is 29.1 Å². The minimum atomic E-state index is -0.192. The molecule has 0 aliphatic heterocycles. The van der Waals surface area contributed by atoms with E-state index in [1.54, 1.807) is 4.68 Å². The zero-order valence-electron chi connectivity index (χ0n) is 15.9. The van der Waals surface area contributed by atoms with Crippen molar-refractivity contribution in [3.63, 3.8) is 0 Å². The zero-order chi connectivity index (χ0) is 19.5. The molecule has 1 aliphatic rings. The van der Waals surface area contributed by atoms with Crippen LogP contribution in [0.1, 0.15) is 66.1 Å². The molecule has 4 rings (SSSR count). The summed E-state index contributed by atoms with van der Waals surface area (Å²) in [6, 6.07) is 7.63. The summed E-state index contributed by atoms with van der Waals surface area (Å²) in [5.41, 5.74) is 1.40. The number of hydrogen-bond donors (Lipinski definition) is 1. The maximum absolute atomic E-state index is 12.9. The molecule has 1 amide bonds. The van der Waals surface area contributed by atoms with Crippen LogP contribution in [0.3, 0.4) is 0 Å². The summed E-state index contributed by atoms with van der Waals surface area (Å²) >= 11 is 1.11. The Labute approximate surface area is 166 Å². The number of fused-ring (bicyclic) bond motifs is 1. The van der Waals surface area contributed by atoms with Crippen LogP contribution in [0.2, 0.25) is 0 Å². The molecule has 1 aliphatic carbocycles. The molecule has 1 fully saturated rings. The first-order valence-corrected chi connectivity index (χ1v) is 10.6. The van der Waals surface area contributed by atoms with Gasteiger partial charge in [-0.25, -0.2) is 4.68 Å². The lowest BCUT2D eigenvalue weighted by Gasteiger charge is -2.16. The van der Waals surface area contributed by atoms with E-state index >= 15 is 0 Å². The SMILES string of the molecule is CCCc1nnsc1C(=O)NCc1nn(C2CCCC2)c(=O)c2ccccc12. The van der Waals surface area contributed by atoms with E-state index in [4.69, 9.17) is 0 Å². The fraction of sp³-hybridized carbons (Fsp3) is 0.450. The van der Waals surface area contributed by atoms with E-state index in [-0.39, 0.29) is 24.1 Å². The molecule has 0 atom stereocenters. The highest BCUT2D eigenvalue weighted by Crippen LogP contribution is 2.28. The van der Waals surface area contributed by atoms with Gasteiger partial charge in [0.1, 0.15) is 4.88 Å². The second-order valence-corrected chi connectivity index (χ2v) is 7.92. The number of carbonyl (C=O) groups excluding carboxylic acids is 1. The number of carbonyl (C=O) groups is 1. The molecule has 146 valence electrons. The minimum absolute atomic E-state index is 0.0468. The van der Waals surface area contributed by atoms with Gasteiger partial charge in [0, 0.05) is 5.39 Å². The summed E-state index contributed by atoms with van der Waals surface area (Å²) in [5, 5.41) is 13.1. The number of hydrogen-bond acceptors (Lipinski definition) is 6. The van der Waals surface area contributed by atoms with E-state index in [1.165, 1.54) is 0 Å². The van der Waals surface area contributed by atoms with Gasteiger partial charge in [-0.05, 0) is 36.9 Å². The molecule has 2 heterocycles. The molecule has 2 aromatic heterocycles. The maximum atomic E-state index is 12.9. The summed E-state index contributed by atoms with van der Waals surface area (Å²) in [6.45, 7) is 2.30. The van der Waals surface area contributed by atoms with Gasteiger partial charge in [-0.15, -0.1) is 5.10 Å². The Morgan fingerprint density at radius 1 is 1.21 bits per heavy atom. The molecule has 7 nitrogen and oxygen atoms in total. The fourth-order valence-electron chi connectivity index (χ4n) is 3.83. The Morgan fingerprint density at radius 2 is 1.96 bits per heavy atom. The molecule has 8 heteroatoms. The van der Waals surface area contributed by atoms with Gasteiger partial charge in [-0.3, -0.25) is 9.59 Å². The lowest BCUT2D eigenvalue weighted by atomic mass is 10.1. The number of nitrogens with zero attached hydrogens (tertiary/aromatic N) is 4. The van der Waals surface area contributed by atoms with Gasteiger partial charge in [0.15, 0.2) is 0 Å². The second-order valence-electron chi connectivity index (χ2n) is 7.16. The minimum Gasteiger partial charge on any atom is -0.345 e. The second kappa shape index (κ2) is 8.18. The van der Waals surface area contributed by atoms with Crippen LogP contribution in [0.5, 0.6) is 0 Å². The maximum Gasteiger partial charge on any atom is 0.274 e. The lowest BCUT2D eigenvalue weighted by Crippen LogP contribution is -2.30. The Kier molecular flexibility index (Phi) is 5.47. The third kappa shape index (κ3) is 3.56. The van der Waals surface area contributed by atoms with Crippen LogP contribution in [0, 0.1) is 0 Å². The smallest absolute Gasteiger partial charge is 0.274 e. The third-order valence-corrected chi connectivity index (χ3v) is 6.01. The number of benzene rings is 1. The van der Waals surface area contributed by atoms with Gasteiger partial charge < -0.3 is 5.32 Å². The van der Waals surface area contributed by atoms with Crippen molar-refractivity contribution >= 4 is 28.2 Å². The largest absolute Gasteiger partial charge is 0.345 e. The van der Waals surface area contributed by atoms with E-state index in [1.807, 2.05) is 31.2 Å². The standard InChI is InChI=1S/C20H23N5O2S/c1-2-7-16-18(28-24-22-16)19(26)21-12-17-14-10-5-6-11-15(14)20(27)25(23-17)13-8-3-4-9-13/h5-6,10-11,13H,2-4,7-9,12H2,1H3,(H,21,26). The van der Waals surface area contributed by atoms with Crippen LogP contribution in [-0.2, 0) is 13.0 Å². The normalized spacial score (nSPS) is 14.6. The molecular weight excluding hydrogens is 374 g/mol. The molecular formula is C20H23N5O2S. The van der Waals surface area contributed by atoms with Crippen molar-refractivity contribution in [2.24, 2.45) is 0 Å². The molecule has 0 unspecified atom stereocenters.